The Kier molecular flexibility index (Phi) is 4.88. The van der Waals surface area contributed by atoms with Crippen LogP contribution in [0.4, 0.5) is 11.5 Å². The number of phenolic OH excluding ortho intramolecular Hbond substituents is 1. The van der Waals surface area contributed by atoms with Crippen molar-refractivity contribution in [2.75, 3.05) is 30.3 Å². The minimum Gasteiger partial charge on any atom is -0.507 e. The van der Waals surface area contributed by atoms with E-state index in [1.165, 1.54) is 5.56 Å². The summed E-state index contributed by atoms with van der Waals surface area (Å²) in [4.78, 5) is 2.24. The average Bonchev–Trinajstić information content (AvgIpc) is 2.75. The van der Waals surface area contributed by atoms with Gasteiger partial charge in [0.1, 0.15) is 5.75 Å². The van der Waals surface area contributed by atoms with Gasteiger partial charge in [0.15, 0.2) is 5.82 Å². The molecule has 2 aromatic carbocycles. The smallest absolute Gasteiger partial charge is 0.169 e. The van der Waals surface area contributed by atoms with Gasteiger partial charge in [-0.15, -0.1) is 10.2 Å². The van der Waals surface area contributed by atoms with E-state index in [9.17, 15) is 5.11 Å². The zero-order valence-corrected chi connectivity index (χ0v) is 15.8. The van der Waals surface area contributed by atoms with E-state index in [1.807, 2.05) is 24.3 Å². The second-order valence-electron chi connectivity index (χ2n) is 7.35. The van der Waals surface area contributed by atoms with Gasteiger partial charge in [0.25, 0.3) is 0 Å². The Balaban J connectivity index is 1.60. The molecule has 1 fully saturated rings. The van der Waals surface area contributed by atoms with Gasteiger partial charge in [-0.25, -0.2) is 0 Å². The summed E-state index contributed by atoms with van der Waals surface area (Å²) in [6.45, 7) is 2.29. The molecule has 1 saturated heterocycles. The molecule has 1 aliphatic rings. The number of nitrogens with zero attached hydrogens (tertiary/aromatic N) is 3. The second kappa shape index (κ2) is 7.48. The van der Waals surface area contributed by atoms with Gasteiger partial charge >= 0.3 is 0 Å². The van der Waals surface area contributed by atoms with Crippen LogP contribution < -0.4 is 16.4 Å². The third-order valence-electron chi connectivity index (χ3n) is 5.82. The molecule has 0 amide bonds. The van der Waals surface area contributed by atoms with Crippen molar-refractivity contribution in [3.63, 3.8) is 0 Å². The Morgan fingerprint density at radius 2 is 1.64 bits per heavy atom. The quantitative estimate of drug-likeness (QED) is 0.648. The largest absolute Gasteiger partial charge is 0.507 e. The van der Waals surface area contributed by atoms with Crippen LogP contribution in [0.2, 0.25) is 0 Å². The van der Waals surface area contributed by atoms with Gasteiger partial charge in [-0.1, -0.05) is 42.5 Å². The van der Waals surface area contributed by atoms with Crippen LogP contribution >= 0.6 is 0 Å². The van der Waals surface area contributed by atoms with Gasteiger partial charge in [0.05, 0.1) is 11.4 Å². The number of rotatable bonds is 4. The van der Waals surface area contributed by atoms with Crippen molar-refractivity contribution < 1.29 is 5.11 Å². The number of piperidine rings is 1. The minimum absolute atomic E-state index is 0.00644. The summed E-state index contributed by atoms with van der Waals surface area (Å²) in [5.74, 6) is 0.580. The van der Waals surface area contributed by atoms with Gasteiger partial charge in [0, 0.05) is 30.6 Å². The molecule has 4 rings (SSSR count). The van der Waals surface area contributed by atoms with Crippen molar-refractivity contribution in [2.45, 2.75) is 18.3 Å². The SMILES string of the molecule is NCC1(c2ccccc2)CCN(c2cc(-c3ccccc3O)nnc2N)CC1. The Morgan fingerprint density at radius 1 is 0.964 bits per heavy atom. The van der Waals surface area contributed by atoms with Crippen LogP contribution in [0.3, 0.4) is 0 Å². The van der Waals surface area contributed by atoms with Crippen LogP contribution in [0.25, 0.3) is 11.3 Å². The summed E-state index contributed by atoms with van der Waals surface area (Å²) in [6.07, 6.45) is 1.89. The molecule has 5 N–H and O–H groups in total. The Bertz CT molecular complexity index is 952. The number of aromatic hydroxyl groups is 1. The van der Waals surface area contributed by atoms with Crippen LogP contribution in [0.5, 0.6) is 5.75 Å². The number of anilines is 2. The first-order valence-electron chi connectivity index (χ1n) is 9.55. The molecule has 0 bridgehead atoms. The van der Waals surface area contributed by atoms with E-state index in [0.29, 0.717) is 23.6 Å². The summed E-state index contributed by atoms with van der Waals surface area (Å²) in [5.41, 5.74) is 15.8. The molecule has 2 heterocycles. The summed E-state index contributed by atoms with van der Waals surface area (Å²) >= 11 is 0. The standard InChI is InChI=1S/C22H25N5O/c23-15-22(16-6-2-1-3-7-16)10-12-27(13-11-22)19-14-18(25-26-21(19)24)17-8-4-5-9-20(17)28/h1-9,14,28H,10-13,15,23H2,(H2,24,26). The topological polar surface area (TPSA) is 101 Å². The van der Waals surface area contributed by atoms with E-state index in [4.69, 9.17) is 11.5 Å². The Labute approximate surface area is 164 Å². The highest BCUT2D eigenvalue weighted by Crippen LogP contribution is 2.38. The van der Waals surface area contributed by atoms with E-state index in [-0.39, 0.29) is 11.2 Å². The zero-order chi connectivity index (χ0) is 19.6. The van der Waals surface area contributed by atoms with E-state index < -0.39 is 0 Å². The fourth-order valence-electron chi connectivity index (χ4n) is 4.04. The maximum Gasteiger partial charge on any atom is 0.169 e. The molecule has 28 heavy (non-hydrogen) atoms. The molecule has 144 valence electrons. The van der Waals surface area contributed by atoms with Gasteiger partial charge < -0.3 is 21.5 Å². The lowest BCUT2D eigenvalue weighted by molar-refractivity contribution is 0.340. The normalized spacial score (nSPS) is 16.1. The molecule has 0 aliphatic carbocycles. The van der Waals surface area contributed by atoms with Crippen molar-refractivity contribution >= 4 is 11.5 Å². The van der Waals surface area contributed by atoms with E-state index in [2.05, 4.69) is 39.4 Å². The number of hydrogen-bond acceptors (Lipinski definition) is 6. The summed E-state index contributed by atoms with van der Waals surface area (Å²) in [6, 6.07) is 19.5. The molecule has 0 unspecified atom stereocenters. The Hall–Kier alpha value is -3.12. The molecule has 6 heteroatoms. The van der Waals surface area contributed by atoms with Crippen LogP contribution in [-0.2, 0) is 5.41 Å². The number of hydrogen-bond donors (Lipinski definition) is 3. The van der Waals surface area contributed by atoms with E-state index in [1.54, 1.807) is 12.1 Å². The first-order valence-corrected chi connectivity index (χ1v) is 9.55. The molecular weight excluding hydrogens is 350 g/mol. The monoisotopic (exact) mass is 375 g/mol. The number of para-hydroxylation sites is 1. The summed E-state index contributed by atoms with van der Waals surface area (Å²) in [7, 11) is 0. The molecule has 0 saturated carbocycles. The highest BCUT2D eigenvalue weighted by molar-refractivity contribution is 5.74. The third-order valence-corrected chi connectivity index (χ3v) is 5.82. The minimum atomic E-state index is -0.00644. The highest BCUT2D eigenvalue weighted by atomic mass is 16.3. The summed E-state index contributed by atoms with van der Waals surface area (Å²) < 4.78 is 0. The lowest BCUT2D eigenvalue weighted by atomic mass is 9.73. The molecule has 3 aromatic rings. The number of aromatic nitrogens is 2. The number of nitrogen functional groups attached to an aromatic ring is 1. The molecule has 6 nitrogen and oxygen atoms in total. The van der Waals surface area contributed by atoms with Crippen molar-refractivity contribution in [1.82, 2.24) is 10.2 Å². The number of nitrogens with two attached hydrogens (primary N) is 2. The molecule has 0 atom stereocenters. The lowest BCUT2D eigenvalue weighted by Gasteiger charge is -2.42. The van der Waals surface area contributed by atoms with Crippen LogP contribution in [0, 0.1) is 0 Å². The van der Waals surface area contributed by atoms with Crippen molar-refractivity contribution in [2.24, 2.45) is 5.73 Å². The molecule has 1 aromatic heterocycles. The third kappa shape index (κ3) is 3.27. The predicted octanol–water partition coefficient (Wildman–Crippen LogP) is 2.93. The van der Waals surface area contributed by atoms with Crippen LogP contribution in [0.1, 0.15) is 18.4 Å². The second-order valence-corrected chi connectivity index (χ2v) is 7.35. The van der Waals surface area contributed by atoms with Gasteiger partial charge in [0.2, 0.25) is 0 Å². The first kappa shape index (κ1) is 18.3. The molecule has 1 aliphatic heterocycles. The van der Waals surface area contributed by atoms with Crippen LogP contribution in [-0.4, -0.2) is 34.9 Å². The fourth-order valence-corrected chi connectivity index (χ4v) is 4.04. The molecule has 0 radical (unpaired) electrons. The highest BCUT2D eigenvalue weighted by Gasteiger charge is 2.35. The maximum absolute atomic E-state index is 10.1. The lowest BCUT2D eigenvalue weighted by Crippen LogP contribution is -2.47. The number of benzene rings is 2. The first-order chi connectivity index (χ1) is 13.6. The predicted molar refractivity (Wildman–Crippen MR) is 112 cm³/mol. The molecular formula is C22H25N5O. The van der Waals surface area contributed by atoms with Crippen molar-refractivity contribution in [3.8, 4) is 17.0 Å². The van der Waals surface area contributed by atoms with Gasteiger partial charge in [-0.3, -0.25) is 0 Å². The maximum atomic E-state index is 10.1. The van der Waals surface area contributed by atoms with Crippen molar-refractivity contribution in [1.29, 1.82) is 0 Å². The van der Waals surface area contributed by atoms with E-state index in [0.717, 1.165) is 31.6 Å². The van der Waals surface area contributed by atoms with Crippen LogP contribution in [0.15, 0.2) is 60.7 Å². The molecule has 0 spiro atoms. The van der Waals surface area contributed by atoms with E-state index >= 15 is 0 Å². The zero-order valence-electron chi connectivity index (χ0n) is 15.8. The van der Waals surface area contributed by atoms with Crippen molar-refractivity contribution in [3.05, 3.63) is 66.2 Å². The van der Waals surface area contributed by atoms with Gasteiger partial charge in [-0.05, 0) is 36.6 Å². The summed E-state index contributed by atoms with van der Waals surface area (Å²) in [5, 5.41) is 18.4. The Morgan fingerprint density at radius 3 is 2.32 bits per heavy atom. The van der Waals surface area contributed by atoms with Gasteiger partial charge in [-0.2, -0.15) is 0 Å². The average molecular weight is 375 g/mol. The fraction of sp³-hybridized carbons (Fsp3) is 0.273. The number of phenols is 1.